The molecular weight excluding hydrogens is 234 g/mol. The molecular formula is C14H22ClNO. The largest absolute Gasteiger partial charge is 0.497 e. The molecule has 1 fully saturated rings. The molecule has 1 N–H and O–H groups in total. The molecule has 1 aliphatic carbocycles. The predicted octanol–water partition coefficient (Wildman–Crippen LogP) is 3.40. The van der Waals surface area contributed by atoms with Crippen LogP contribution in [0.25, 0.3) is 0 Å². The van der Waals surface area contributed by atoms with Crippen molar-refractivity contribution in [3.8, 4) is 5.75 Å². The molecule has 0 heterocycles. The summed E-state index contributed by atoms with van der Waals surface area (Å²) in [5, 5.41) is 3.54. The van der Waals surface area contributed by atoms with Crippen molar-refractivity contribution in [2.45, 2.75) is 32.7 Å². The van der Waals surface area contributed by atoms with Crippen molar-refractivity contribution < 1.29 is 4.74 Å². The van der Waals surface area contributed by atoms with E-state index in [1.54, 1.807) is 7.11 Å². The summed E-state index contributed by atoms with van der Waals surface area (Å²) in [5.41, 5.74) is 1.88. The summed E-state index contributed by atoms with van der Waals surface area (Å²) in [7, 11) is 1.70. The highest BCUT2D eigenvalue weighted by molar-refractivity contribution is 5.85. The van der Waals surface area contributed by atoms with E-state index < -0.39 is 0 Å². The lowest BCUT2D eigenvalue weighted by atomic mass is 9.70. The van der Waals surface area contributed by atoms with Crippen molar-refractivity contribution in [1.82, 2.24) is 5.32 Å². The van der Waals surface area contributed by atoms with Crippen molar-refractivity contribution in [3.63, 3.8) is 0 Å². The molecule has 2 rings (SSSR count). The zero-order valence-corrected chi connectivity index (χ0v) is 11.5. The van der Waals surface area contributed by atoms with Gasteiger partial charge in [-0.1, -0.05) is 25.5 Å². The molecule has 0 unspecified atom stereocenters. The minimum Gasteiger partial charge on any atom is -0.497 e. The third kappa shape index (κ3) is 3.90. The second-order valence-corrected chi connectivity index (χ2v) is 5.12. The molecule has 0 aromatic heterocycles. The van der Waals surface area contributed by atoms with Crippen molar-refractivity contribution >= 4 is 12.4 Å². The Balaban J connectivity index is 0.00000144. The molecule has 17 heavy (non-hydrogen) atoms. The Bertz CT molecular complexity index is 333. The molecule has 0 spiro atoms. The van der Waals surface area contributed by atoms with Crippen molar-refractivity contribution in [2.75, 3.05) is 13.7 Å². The van der Waals surface area contributed by atoms with Crippen LogP contribution in [-0.4, -0.2) is 13.7 Å². The molecule has 0 saturated heterocycles. The van der Waals surface area contributed by atoms with Gasteiger partial charge in [0.2, 0.25) is 0 Å². The van der Waals surface area contributed by atoms with Gasteiger partial charge in [0.15, 0.2) is 0 Å². The van der Waals surface area contributed by atoms with Gasteiger partial charge in [0.25, 0.3) is 0 Å². The topological polar surface area (TPSA) is 21.3 Å². The van der Waals surface area contributed by atoms with E-state index in [1.807, 2.05) is 12.1 Å². The number of nitrogens with one attached hydrogen (secondary N) is 1. The Hall–Kier alpha value is -0.730. The molecule has 3 heteroatoms. The van der Waals surface area contributed by atoms with Crippen molar-refractivity contribution in [2.24, 2.45) is 5.41 Å². The lowest BCUT2D eigenvalue weighted by molar-refractivity contribution is 0.156. The lowest BCUT2D eigenvalue weighted by Gasteiger charge is -2.38. The first-order chi connectivity index (χ1) is 7.72. The van der Waals surface area contributed by atoms with Gasteiger partial charge in [0, 0.05) is 13.1 Å². The fourth-order valence-electron chi connectivity index (χ4n) is 2.21. The number of benzene rings is 1. The van der Waals surface area contributed by atoms with Gasteiger partial charge in [-0.15, -0.1) is 12.4 Å². The van der Waals surface area contributed by atoms with Crippen LogP contribution in [0.2, 0.25) is 0 Å². The Morgan fingerprint density at radius 2 is 1.88 bits per heavy atom. The zero-order valence-electron chi connectivity index (χ0n) is 10.7. The van der Waals surface area contributed by atoms with E-state index in [0.717, 1.165) is 18.8 Å². The first kappa shape index (κ1) is 14.3. The highest BCUT2D eigenvalue weighted by atomic mass is 35.5. The normalized spacial score (nSPS) is 16.8. The van der Waals surface area contributed by atoms with E-state index in [9.17, 15) is 0 Å². The summed E-state index contributed by atoms with van der Waals surface area (Å²) in [4.78, 5) is 0. The molecule has 1 aromatic rings. The van der Waals surface area contributed by atoms with E-state index in [4.69, 9.17) is 4.74 Å². The molecule has 0 aliphatic heterocycles. The first-order valence-electron chi connectivity index (χ1n) is 6.06. The van der Waals surface area contributed by atoms with E-state index in [2.05, 4.69) is 24.4 Å². The monoisotopic (exact) mass is 255 g/mol. The predicted molar refractivity (Wildman–Crippen MR) is 73.9 cm³/mol. The van der Waals surface area contributed by atoms with Gasteiger partial charge in [-0.2, -0.15) is 0 Å². The SMILES string of the molecule is COc1ccc(CNCC2(C)CCC2)cc1.Cl. The second-order valence-electron chi connectivity index (χ2n) is 5.12. The van der Waals surface area contributed by atoms with E-state index in [0.29, 0.717) is 5.41 Å². The van der Waals surface area contributed by atoms with Crippen LogP contribution in [0.15, 0.2) is 24.3 Å². The summed E-state index contributed by atoms with van der Waals surface area (Å²) in [5.74, 6) is 0.926. The fourth-order valence-corrected chi connectivity index (χ4v) is 2.21. The van der Waals surface area contributed by atoms with Gasteiger partial charge >= 0.3 is 0 Å². The molecule has 0 atom stereocenters. The zero-order chi connectivity index (χ0) is 11.4. The minimum absolute atomic E-state index is 0. The Labute approximate surface area is 110 Å². The van der Waals surface area contributed by atoms with E-state index in [-0.39, 0.29) is 12.4 Å². The lowest BCUT2D eigenvalue weighted by Crippen LogP contribution is -2.36. The number of halogens is 1. The molecule has 1 saturated carbocycles. The standard InChI is InChI=1S/C14H21NO.ClH/c1-14(8-3-9-14)11-15-10-12-4-6-13(16-2)7-5-12;/h4-7,15H,3,8-11H2,1-2H3;1H. The summed E-state index contributed by atoms with van der Waals surface area (Å²) in [6, 6.07) is 8.27. The highest BCUT2D eigenvalue weighted by Gasteiger charge is 2.30. The van der Waals surface area contributed by atoms with Crippen LogP contribution in [0.1, 0.15) is 31.7 Å². The molecule has 0 radical (unpaired) electrons. The fraction of sp³-hybridized carbons (Fsp3) is 0.571. The molecule has 96 valence electrons. The summed E-state index contributed by atoms with van der Waals surface area (Å²) in [6.07, 6.45) is 4.16. The summed E-state index contributed by atoms with van der Waals surface area (Å²) < 4.78 is 5.13. The van der Waals surface area contributed by atoms with E-state index >= 15 is 0 Å². The quantitative estimate of drug-likeness (QED) is 0.871. The van der Waals surface area contributed by atoms with Crippen LogP contribution in [0.3, 0.4) is 0 Å². The van der Waals surface area contributed by atoms with Gasteiger partial charge in [-0.05, 0) is 36.0 Å². The maximum atomic E-state index is 5.13. The van der Waals surface area contributed by atoms with Gasteiger partial charge in [-0.3, -0.25) is 0 Å². The maximum Gasteiger partial charge on any atom is 0.118 e. The van der Waals surface area contributed by atoms with Gasteiger partial charge in [-0.25, -0.2) is 0 Å². The smallest absolute Gasteiger partial charge is 0.118 e. The number of methoxy groups -OCH3 is 1. The molecule has 0 bridgehead atoms. The van der Waals surface area contributed by atoms with Crippen molar-refractivity contribution in [3.05, 3.63) is 29.8 Å². The first-order valence-corrected chi connectivity index (χ1v) is 6.06. The highest BCUT2D eigenvalue weighted by Crippen LogP contribution is 2.39. The van der Waals surface area contributed by atoms with Crippen LogP contribution in [0.4, 0.5) is 0 Å². The van der Waals surface area contributed by atoms with Crippen LogP contribution in [0, 0.1) is 5.41 Å². The number of hydrogen-bond donors (Lipinski definition) is 1. The van der Waals surface area contributed by atoms with Crippen molar-refractivity contribution in [1.29, 1.82) is 0 Å². The molecule has 1 aliphatic rings. The average Bonchev–Trinajstić information content (AvgIpc) is 2.28. The molecule has 0 amide bonds. The Kier molecular flexibility index (Phi) is 5.29. The Morgan fingerprint density at radius 3 is 2.35 bits per heavy atom. The van der Waals surface area contributed by atoms with Gasteiger partial charge in [0.05, 0.1) is 7.11 Å². The summed E-state index contributed by atoms with van der Waals surface area (Å²) in [6.45, 7) is 4.47. The summed E-state index contributed by atoms with van der Waals surface area (Å²) >= 11 is 0. The van der Waals surface area contributed by atoms with Gasteiger partial charge < -0.3 is 10.1 Å². The van der Waals surface area contributed by atoms with Gasteiger partial charge in [0.1, 0.15) is 5.75 Å². The van der Waals surface area contributed by atoms with Crippen LogP contribution >= 0.6 is 12.4 Å². The number of hydrogen-bond acceptors (Lipinski definition) is 2. The van der Waals surface area contributed by atoms with Crippen LogP contribution in [0.5, 0.6) is 5.75 Å². The van der Waals surface area contributed by atoms with Crippen LogP contribution in [-0.2, 0) is 6.54 Å². The minimum atomic E-state index is 0. The third-order valence-corrected chi connectivity index (χ3v) is 3.60. The van der Waals surface area contributed by atoms with Crippen LogP contribution < -0.4 is 10.1 Å². The number of ether oxygens (including phenoxy) is 1. The maximum absolute atomic E-state index is 5.13. The number of rotatable bonds is 5. The average molecular weight is 256 g/mol. The third-order valence-electron chi connectivity index (χ3n) is 3.60. The van der Waals surface area contributed by atoms with E-state index in [1.165, 1.54) is 24.8 Å². The molecule has 1 aromatic carbocycles. The molecule has 2 nitrogen and oxygen atoms in total. The Morgan fingerprint density at radius 1 is 1.24 bits per heavy atom. The second kappa shape index (κ2) is 6.27.